The van der Waals surface area contributed by atoms with Gasteiger partial charge in [-0.05, 0) is 25.8 Å². The fourth-order valence-corrected chi connectivity index (χ4v) is 2.70. The van der Waals surface area contributed by atoms with Crippen LogP contribution in [0.1, 0.15) is 32.6 Å². The third kappa shape index (κ3) is 6.14. The van der Waals surface area contributed by atoms with Gasteiger partial charge in [-0.15, -0.1) is 0 Å². The lowest BCUT2D eigenvalue weighted by Gasteiger charge is -2.35. The van der Waals surface area contributed by atoms with Crippen LogP contribution >= 0.6 is 0 Å². The molecule has 1 rings (SSSR count). The molecule has 0 aliphatic heterocycles. The molecule has 0 saturated heterocycles. The Morgan fingerprint density at radius 1 is 1.33 bits per heavy atom. The maximum atomic E-state index is 9.91. The van der Waals surface area contributed by atoms with E-state index in [0.29, 0.717) is 32.4 Å². The number of methoxy groups -OCH3 is 1. The molecule has 1 saturated carbocycles. The van der Waals surface area contributed by atoms with Gasteiger partial charge in [0, 0.05) is 19.7 Å². The molecule has 0 radical (unpaired) electrons. The quantitative estimate of drug-likeness (QED) is 0.671. The van der Waals surface area contributed by atoms with Crippen molar-refractivity contribution in [1.82, 2.24) is 4.90 Å². The molecule has 0 bridgehead atoms. The largest absolute Gasteiger partial charge is 0.389 e. The Hall–Kier alpha value is -0.160. The number of rotatable bonds is 8. The van der Waals surface area contributed by atoms with E-state index >= 15 is 0 Å². The zero-order valence-electron chi connectivity index (χ0n) is 12.1. The molecule has 0 heterocycles. The fraction of sp³-hybridized carbons (Fsp3) is 1.00. The maximum Gasteiger partial charge on any atom is 0.0900 e. The lowest BCUT2D eigenvalue weighted by molar-refractivity contribution is -0.00558. The maximum absolute atomic E-state index is 9.91. The van der Waals surface area contributed by atoms with Crippen molar-refractivity contribution < 1.29 is 14.6 Å². The number of aliphatic hydroxyl groups excluding tert-OH is 1. The van der Waals surface area contributed by atoms with Crippen LogP contribution < -0.4 is 0 Å². The van der Waals surface area contributed by atoms with Crippen LogP contribution in [-0.2, 0) is 9.47 Å². The molecule has 3 unspecified atom stereocenters. The predicted molar refractivity (Wildman–Crippen MR) is 72.8 cm³/mol. The van der Waals surface area contributed by atoms with Crippen molar-refractivity contribution in [1.29, 1.82) is 0 Å². The molecular formula is C14H29NO3. The summed E-state index contributed by atoms with van der Waals surface area (Å²) in [4.78, 5) is 2.29. The second-order valence-electron chi connectivity index (χ2n) is 5.59. The average Bonchev–Trinajstić information content (AvgIpc) is 2.34. The molecule has 1 aliphatic carbocycles. The summed E-state index contributed by atoms with van der Waals surface area (Å²) in [5.41, 5.74) is 0. The summed E-state index contributed by atoms with van der Waals surface area (Å²) in [6, 6.07) is 0.627. The van der Waals surface area contributed by atoms with E-state index in [-0.39, 0.29) is 0 Å². The van der Waals surface area contributed by atoms with Crippen molar-refractivity contribution in [3.63, 3.8) is 0 Å². The first-order valence-corrected chi connectivity index (χ1v) is 7.08. The Labute approximate surface area is 111 Å². The molecule has 108 valence electrons. The topological polar surface area (TPSA) is 41.9 Å². The van der Waals surface area contributed by atoms with Gasteiger partial charge in [-0.25, -0.2) is 0 Å². The standard InChI is InChI=1S/C14H29NO3/c1-12-5-4-6-13(9-12)15(2)10-14(16)11-18-8-7-17-3/h12-14,16H,4-11H2,1-3H3. The van der Waals surface area contributed by atoms with E-state index in [0.717, 1.165) is 5.92 Å². The van der Waals surface area contributed by atoms with Gasteiger partial charge in [-0.2, -0.15) is 0 Å². The summed E-state index contributed by atoms with van der Waals surface area (Å²) in [5.74, 6) is 0.821. The van der Waals surface area contributed by atoms with Crippen LogP contribution in [0.2, 0.25) is 0 Å². The smallest absolute Gasteiger partial charge is 0.0900 e. The van der Waals surface area contributed by atoms with Crippen molar-refractivity contribution in [2.45, 2.75) is 44.8 Å². The van der Waals surface area contributed by atoms with Gasteiger partial charge in [0.1, 0.15) is 0 Å². The van der Waals surface area contributed by atoms with Gasteiger partial charge >= 0.3 is 0 Å². The van der Waals surface area contributed by atoms with E-state index in [4.69, 9.17) is 9.47 Å². The van der Waals surface area contributed by atoms with Gasteiger partial charge in [0.15, 0.2) is 0 Å². The van der Waals surface area contributed by atoms with Crippen molar-refractivity contribution in [3.8, 4) is 0 Å². The van der Waals surface area contributed by atoms with Gasteiger partial charge in [0.05, 0.1) is 25.9 Å². The van der Waals surface area contributed by atoms with Gasteiger partial charge in [-0.3, -0.25) is 0 Å². The second kappa shape index (κ2) is 8.86. The van der Waals surface area contributed by atoms with Crippen molar-refractivity contribution in [3.05, 3.63) is 0 Å². The summed E-state index contributed by atoms with van der Waals surface area (Å²) in [7, 11) is 3.76. The summed E-state index contributed by atoms with van der Waals surface area (Å²) in [6.07, 6.45) is 4.79. The third-order valence-corrected chi connectivity index (χ3v) is 3.77. The Kier molecular flexibility index (Phi) is 7.82. The highest BCUT2D eigenvalue weighted by Gasteiger charge is 2.23. The monoisotopic (exact) mass is 259 g/mol. The fourth-order valence-electron chi connectivity index (χ4n) is 2.70. The minimum Gasteiger partial charge on any atom is -0.389 e. The van der Waals surface area contributed by atoms with Gasteiger partial charge < -0.3 is 19.5 Å². The molecule has 0 spiro atoms. The van der Waals surface area contributed by atoms with E-state index < -0.39 is 6.10 Å². The number of hydrogen-bond donors (Lipinski definition) is 1. The molecule has 4 heteroatoms. The first kappa shape index (κ1) is 15.9. The zero-order valence-corrected chi connectivity index (χ0v) is 12.1. The molecule has 3 atom stereocenters. The first-order valence-electron chi connectivity index (χ1n) is 7.08. The molecule has 1 fully saturated rings. The van der Waals surface area contributed by atoms with Crippen LogP contribution in [0, 0.1) is 5.92 Å². The van der Waals surface area contributed by atoms with Crippen LogP contribution in [0.4, 0.5) is 0 Å². The highest BCUT2D eigenvalue weighted by atomic mass is 16.5. The van der Waals surface area contributed by atoms with Gasteiger partial charge in [-0.1, -0.05) is 19.8 Å². The Morgan fingerprint density at radius 3 is 2.78 bits per heavy atom. The van der Waals surface area contributed by atoms with Gasteiger partial charge in [0.2, 0.25) is 0 Å². The minimum absolute atomic E-state index is 0.399. The van der Waals surface area contributed by atoms with Crippen LogP contribution in [0.15, 0.2) is 0 Å². The van der Waals surface area contributed by atoms with Crippen LogP contribution in [0.25, 0.3) is 0 Å². The van der Waals surface area contributed by atoms with E-state index in [1.165, 1.54) is 25.7 Å². The first-order chi connectivity index (χ1) is 8.63. The summed E-state index contributed by atoms with van der Waals surface area (Å²) in [5, 5.41) is 9.91. The average molecular weight is 259 g/mol. The number of nitrogens with zero attached hydrogens (tertiary/aromatic N) is 1. The van der Waals surface area contributed by atoms with E-state index in [1.807, 2.05) is 0 Å². The third-order valence-electron chi connectivity index (χ3n) is 3.77. The molecule has 4 nitrogen and oxygen atoms in total. The lowest BCUT2D eigenvalue weighted by atomic mass is 9.86. The summed E-state index contributed by atoms with van der Waals surface area (Å²) in [6.45, 7) is 4.56. The van der Waals surface area contributed by atoms with Gasteiger partial charge in [0.25, 0.3) is 0 Å². The summed E-state index contributed by atoms with van der Waals surface area (Å²) < 4.78 is 10.2. The molecular weight excluding hydrogens is 230 g/mol. The Morgan fingerprint density at radius 2 is 2.11 bits per heavy atom. The number of hydrogen-bond acceptors (Lipinski definition) is 4. The van der Waals surface area contributed by atoms with E-state index in [9.17, 15) is 5.11 Å². The Balaban J connectivity index is 2.15. The van der Waals surface area contributed by atoms with Crippen molar-refractivity contribution in [2.24, 2.45) is 5.92 Å². The molecule has 1 N–H and O–H groups in total. The van der Waals surface area contributed by atoms with Crippen LogP contribution in [-0.4, -0.2) is 62.7 Å². The molecule has 0 amide bonds. The normalized spacial score (nSPS) is 26.5. The lowest BCUT2D eigenvalue weighted by Crippen LogP contribution is -2.41. The molecule has 0 aromatic heterocycles. The number of ether oxygens (including phenoxy) is 2. The summed E-state index contributed by atoms with van der Waals surface area (Å²) >= 11 is 0. The van der Waals surface area contributed by atoms with Crippen LogP contribution in [0.3, 0.4) is 0 Å². The number of aliphatic hydroxyl groups is 1. The molecule has 18 heavy (non-hydrogen) atoms. The highest BCUT2D eigenvalue weighted by Crippen LogP contribution is 2.26. The van der Waals surface area contributed by atoms with Crippen molar-refractivity contribution >= 4 is 0 Å². The van der Waals surface area contributed by atoms with Crippen LogP contribution in [0.5, 0.6) is 0 Å². The Bertz CT molecular complexity index is 213. The predicted octanol–water partition coefficient (Wildman–Crippen LogP) is 1.52. The zero-order chi connectivity index (χ0) is 13.4. The minimum atomic E-state index is -0.399. The van der Waals surface area contributed by atoms with E-state index in [1.54, 1.807) is 7.11 Å². The molecule has 1 aliphatic rings. The molecule has 0 aromatic carbocycles. The SMILES string of the molecule is COCCOCC(O)CN(C)C1CCCC(C)C1. The van der Waals surface area contributed by atoms with E-state index in [2.05, 4.69) is 18.9 Å². The molecule has 0 aromatic rings. The second-order valence-corrected chi connectivity index (χ2v) is 5.59. The number of likely N-dealkylation sites (N-methyl/N-ethyl adjacent to an activating group) is 1. The van der Waals surface area contributed by atoms with Crippen molar-refractivity contribution in [2.75, 3.05) is 40.5 Å². The highest BCUT2D eigenvalue weighted by molar-refractivity contribution is 4.78.